The van der Waals surface area contributed by atoms with Crippen molar-refractivity contribution in [2.75, 3.05) is 10.8 Å². The molecule has 242 valence electrons. The van der Waals surface area contributed by atoms with Gasteiger partial charge in [-0.3, -0.25) is 13.9 Å². The van der Waals surface area contributed by atoms with E-state index in [1.807, 2.05) is 44.2 Å². The molecule has 1 N–H and O–H groups in total. The number of nitrogens with one attached hydrogen (secondary N) is 1. The van der Waals surface area contributed by atoms with E-state index in [4.69, 9.17) is 46.4 Å². The molecular formula is C34H33Cl4N3O4S. The number of rotatable bonds is 13. The molecule has 7 nitrogen and oxygen atoms in total. The van der Waals surface area contributed by atoms with Crippen molar-refractivity contribution < 1.29 is 18.0 Å². The van der Waals surface area contributed by atoms with E-state index in [9.17, 15) is 18.0 Å². The lowest BCUT2D eigenvalue weighted by molar-refractivity contribution is -0.140. The fraction of sp³-hybridized carbons (Fsp3) is 0.235. The van der Waals surface area contributed by atoms with Gasteiger partial charge in [0.1, 0.15) is 12.6 Å². The Bertz CT molecular complexity index is 1770. The standard InChI is InChI=1S/C34H33Cl4N3O4S/c1-3-23(2)39-34(43)32(18-24-8-5-4-6-9-24)40(21-25-12-13-28(37)20-31(25)38)33(42)22-41(29-11-7-10-27(36)19-29)46(44,45)30-16-14-26(35)15-17-30/h4-17,19-20,23,32H,3,18,21-22H2,1-2H3,(H,39,43). The van der Waals surface area contributed by atoms with Crippen molar-refractivity contribution in [3.63, 3.8) is 0 Å². The third kappa shape index (κ3) is 9.17. The van der Waals surface area contributed by atoms with Crippen LogP contribution in [0.5, 0.6) is 0 Å². The van der Waals surface area contributed by atoms with Gasteiger partial charge in [0.05, 0.1) is 10.6 Å². The molecule has 0 saturated carbocycles. The summed E-state index contributed by atoms with van der Waals surface area (Å²) in [7, 11) is -4.31. The quantitative estimate of drug-likeness (QED) is 0.152. The van der Waals surface area contributed by atoms with Gasteiger partial charge in [0, 0.05) is 39.1 Å². The van der Waals surface area contributed by atoms with Crippen molar-refractivity contribution in [3.8, 4) is 0 Å². The van der Waals surface area contributed by atoms with Crippen LogP contribution in [0, 0.1) is 0 Å². The Morgan fingerprint density at radius 3 is 2.09 bits per heavy atom. The van der Waals surface area contributed by atoms with Crippen LogP contribution in [0.1, 0.15) is 31.4 Å². The first-order valence-electron chi connectivity index (χ1n) is 14.5. The van der Waals surface area contributed by atoms with Crippen LogP contribution in [0.25, 0.3) is 0 Å². The second-order valence-corrected chi connectivity index (χ2v) is 14.3. The predicted octanol–water partition coefficient (Wildman–Crippen LogP) is 8.05. The zero-order valence-electron chi connectivity index (χ0n) is 25.2. The summed E-state index contributed by atoms with van der Waals surface area (Å²) in [4.78, 5) is 29.7. The number of carbonyl (C=O) groups excluding carboxylic acids is 2. The lowest BCUT2D eigenvalue weighted by Crippen LogP contribution is -2.54. The Morgan fingerprint density at radius 2 is 1.46 bits per heavy atom. The van der Waals surface area contributed by atoms with Gasteiger partial charge in [0.25, 0.3) is 10.0 Å². The van der Waals surface area contributed by atoms with Crippen LogP contribution in [-0.4, -0.2) is 43.8 Å². The third-order valence-electron chi connectivity index (χ3n) is 7.40. The van der Waals surface area contributed by atoms with E-state index in [1.165, 1.54) is 35.2 Å². The molecule has 0 spiro atoms. The number of sulfonamides is 1. The minimum atomic E-state index is -4.31. The summed E-state index contributed by atoms with van der Waals surface area (Å²) in [6.07, 6.45) is 0.837. The van der Waals surface area contributed by atoms with E-state index in [0.717, 1.165) is 9.87 Å². The first-order chi connectivity index (χ1) is 21.9. The summed E-state index contributed by atoms with van der Waals surface area (Å²) in [5.41, 5.74) is 1.51. The Kier molecular flexibility index (Phi) is 12.4. The molecule has 0 radical (unpaired) electrons. The molecule has 0 heterocycles. The highest BCUT2D eigenvalue weighted by molar-refractivity contribution is 7.92. The van der Waals surface area contributed by atoms with E-state index in [2.05, 4.69) is 5.32 Å². The number of carbonyl (C=O) groups is 2. The van der Waals surface area contributed by atoms with Gasteiger partial charge in [0.15, 0.2) is 0 Å². The fourth-order valence-electron chi connectivity index (χ4n) is 4.72. The third-order valence-corrected chi connectivity index (χ3v) is 10.3. The maximum Gasteiger partial charge on any atom is 0.264 e. The van der Waals surface area contributed by atoms with Crippen molar-refractivity contribution in [1.29, 1.82) is 0 Å². The highest BCUT2D eigenvalue weighted by Gasteiger charge is 2.35. The molecule has 0 saturated heterocycles. The molecule has 46 heavy (non-hydrogen) atoms. The van der Waals surface area contributed by atoms with Gasteiger partial charge in [-0.25, -0.2) is 8.42 Å². The minimum Gasteiger partial charge on any atom is -0.352 e. The van der Waals surface area contributed by atoms with Crippen LogP contribution < -0.4 is 9.62 Å². The van der Waals surface area contributed by atoms with Crippen LogP contribution in [-0.2, 0) is 32.6 Å². The van der Waals surface area contributed by atoms with Crippen LogP contribution >= 0.6 is 46.4 Å². The summed E-state index contributed by atoms with van der Waals surface area (Å²) in [6.45, 7) is 3.08. The molecule has 4 rings (SSSR count). The Hall–Kier alpha value is -3.27. The smallest absolute Gasteiger partial charge is 0.264 e. The minimum absolute atomic E-state index is 0.0766. The molecule has 2 atom stereocenters. The molecule has 0 aromatic heterocycles. The molecule has 4 aromatic rings. The zero-order valence-corrected chi connectivity index (χ0v) is 29.0. The summed E-state index contributed by atoms with van der Waals surface area (Å²) < 4.78 is 29.2. The number of amides is 2. The van der Waals surface area contributed by atoms with Crippen molar-refractivity contribution in [3.05, 3.63) is 128 Å². The second-order valence-electron chi connectivity index (χ2n) is 10.7. The molecule has 0 aliphatic carbocycles. The van der Waals surface area contributed by atoms with Crippen molar-refractivity contribution in [2.45, 2.75) is 50.2 Å². The van der Waals surface area contributed by atoms with Gasteiger partial charge in [-0.05, 0) is 79.1 Å². The Labute approximate surface area is 290 Å². The van der Waals surface area contributed by atoms with E-state index in [0.29, 0.717) is 27.1 Å². The van der Waals surface area contributed by atoms with Crippen LogP contribution in [0.15, 0.2) is 102 Å². The summed E-state index contributed by atoms with van der Waals surface area (Å²) in [5.74, 6) is -1.02. The average molecular weight is 722 g/mol. The summed E-state index contributed by atoms with van der Waals surface area (Å²) in [5, 5.41) is 4.34. The predicted molar refractivity (Wildman–Crippen MR) is 186 cm³/mol. The lowest BCUT2D eigenvalue weighted by Gasteiger charge is -2.34. The maximum absolute atomic E-state index is 14.5. The largest absolute Gasteiger partial charge is 0.352 e. The normalized spacial score (nSPS) is 12.7. The number of halogens is 4. The maximum atomic E-state index is 14.5. The van der Waals surface area contributed by atoms with Gasteiger partial charge in [-0.15, -0.1) is 0 Å². The zero-order chi connectivity index (χ0) is 33.4. The lowest BCUT2D eigenvalue weighted by atomic mass is 10.0. The SMILES string of the molecule is CCC(C)NC(=O)C(Cc1ccccc1)N(Cc1ccc(Cl)cc1Cl)C(=O)CN(c1cccc(Cl)c1)S(=O)(=O)c1ccc(Cl)cc1. The van der Waals surface area contributed by atoms with Gasteiger partial charge < -0.3 is 10.2 Å². The fourth-order valence-corrected chi connectivity index (χ4v) is 6.91. The van der Waals surface area contributed by atoms with Crippen molar-refractivity contribution in [1.82, 2.24) is 10.2 Å². The van der Waals surface area contributed by atoms with E-state index in [1.54, 1.807) is 36.4 Å². The number of hydrogen-bond acceptors (Lipinski definition) is 4. The molecule has 2 amide bonds. The van der Waals surface area contributed by atoms with Crippen molar-refractivity contribution >= 4 is 73.9 Å². The monoisotopic (exact) mass is 719 g/mol. The average Bonchev–Trinajstić information content (AvgIpc) is 3.02. The molecule has 0 aliphatic heterocycles. The van der Waals surface area contributed by atoms with Gasteiger partial charge in [0.2, 0.25) is 11.8 Å². The van der Waals surface area contributed by atoms with Gasteiger partial charge in [-0.1, -0.05) is 95.8 Å². The summed E-state index contributed by atoms with van der Waals surface area (Å²) in [6, 6.07) is 24.8. The van der Waals surface area contributed by atoms with Crippen LogP contribution in [0.4, 0.5) is 5.69 Å². The van der Waals surface area contributed by atoms with Crippen LogP contribution in [0.3, 0.4) is 0 Å². The highest BCUT2D eigenvalue weighted by Crippen LogP contribution is 2.29. The first-order valence-corrected chi connectivity index (χ1v) is 17.5. The topological polar surface area (TPSA) is 86.8 Å². The van der Waals surface area contributed by atoms with E-state index in [-0.39, 0.29) is 40.5 Å². The van der Waals surface area contributed by atoms with Crippen molar-refractivity contribution in [2.24, 2.45) is 0 Å². The Morgan fingerprint density at radius 1 is 0.804 bits per heavy atom. The molecule has 2 unspecified atom stereocenters. The number of benzene rings is 4. The Balaban J connectivity index is 1.83. The second kappa shape index (κ2) is 16.0. The number of hydrogen-bond donors (Lipinski definition) is 1. The molecule has 0 fully saturated rings. The summed E-state index contributed by atoms with van der Waals surface area (Å²) >= 11 is 25.0. The van der Waals surface area contributed by atoms with E-state index < -0.39 is 28.5 Å². The highest BCUT2D eigenvalue weighted by atomic mass is 35.5. The molecule has 12 heteroatoms. The molecule has 4 aromatic carbocycles. The number of nitrogens with zero attached hydrogens (tertiary/aromatic N) is 2. The van der Waals surface area contributed by atoms with Crippen LogP contribution in [0.2, 0.25) is 20.1 Å². The van der Waals surface area contributed by atoms with E-state index >= 15 is 0 Å². The van der Waals surface area contributed by atoms with Gasteiger partial charge in [-0.2, -0.15) is 0 Å². The number of anilines is 1. The molecule has 0 aliphatic rings. The van der Waals surface area contributed by atoms with Gasteiger partial charge >= 0.3 is 0 Å². The molecular weight excluding hydrogens is 688 g/mol. The first kappa shape index (κ1) is 35.6. The molecule has 0 bridgehead atoms.